The molecule has 28 heavy (non-hydrogen) atoms. The van der Waals surface area contributed by atoms with Crippen LogP contribution in [0.1, 0.15) is 21.6 Å². The second-order valence-electron chi connectivity index (χ2n) is 6.73. The minimum absolute atomic E-state index is 0.00108. The zero-order valence-electron chi connectivity index (χ0n) is 15.7. The molecular weight excluding hydrogens is 370 g/mol. The van der Waals surface area contributed by atoms with Crippen molar-refractivity contribution in [1.29, 1.82) is 0 Å². The lowest BCUT2D eigenvalue weighted by atomic mass is 10.1. The number of carbonyl (C=O) groups is 2. The summed E-state index contributed by atoms with van der Waals surface area (Å²) in [4.78, 5) is 35.1. The van der Waals surface area contributed by atoms with Crippen LogP contribution >= 0.6 is 11.8 Å². The molecule has 6 heteroatoms. The quantitative estimate of drug-likeness (QED) is 0.376. The Kier molecular flexibility index (Phi) is 4.96. The summed E-state index contributed by atoms with van der Waals surface area (Å²) in [5, 5.41) is 0.586. The van der Waals surface area contributed by atoms with E-state index in [-0.39, 0.29) is 17.4 Å². The van der Waals surface area contributed by atoms with Gasteiger partial charge < -0.3 is 4.90 Å². The van der Waals surface area contributed by atoms with Gasteiger partial charge in [0.15, 0.2) is 10.9 Å². The third kappa shape index (κ3) is 3.68. The van der Waals surface area contributed by atoms with E-state index in [4.69, 9.17) is 0 Å². The Balaban J connectivity index is 1.49. The molecule has 0 spiro atoms. The molecule has 0 saturated carbocycles. The normalized spacial score (nSPS) is 12.9. The highest BCUT2D eigenvalue weighted by Gasteiger charge is 2.24. The van der Waals surface area contributed by atoms with Crippen molar-refractivity contribution < 1.29 is 9.59 Å². The van der Waals surface area contributed by atoms with Gasteiger partial charge in [0.05, 0.1) is 17.9 Å². The number of amides is 1. The minimum Gasteiger partial charge on any atom is -0.315 e. The predicted molar refractivity (Wildman–Crippen MR) is 111 cm³/mol. The van der Waals surface area contributed by atoms with E-state index in [0.717, 1.165) is 28.2 Å². The molecule has 1 amide bonds. The Bertz CT molecular complexity index is 1070. The van der Waals surface area contributed by atoms with Crippen molar-refractivity contribution in [3.8, 4) is 11.3 Å². The first-order valence-corrected chi connectivity index (χ1v) is 9.96. The van der Waals surface area contributed by atoms with Crippen LogP contribution in [0.4, 0.5) is 5.69 Å². The number of fused-ring (bicyclic) bond motifs is 1. The van der Waals surface area contributed by atoms with Gasteiger partial charge in [0.1, 0.15) is 0 Å². The van der Waals surface area contributed by atoms with Crippen LogP contribution in [0.25, 0.3) is 11.3 Å². The number of hydrogen-bond acceptors (Lipinski definition) is 5. The van der Waals surface area contributed by atoms with Crippen LogP contribution in [0.2, 0.25) is 0 Å². The summed E-state index contributed by atoms with van der Waals surface area (Å²) >= 11 is 1.33. The first kappa shape index (κ1) is 18.4. The number of aromatic nitrogens is 2. The van der Waals surface area contributed by atoms with Crippen LogP contribution in [-0.4, -0.2) is 34.5 Å². The number of ketones is 1. The maximum absolute atomic E-state index is 12.6. The average molecular weight is 389 g/mol. The fraction of sp³-hybridized carbons (Fsp3) is 0.182. The Hall–Kier alpha value is -2.99. The van der Waals surface area contributed by atoms with Crippen molar-refractivity contribution in [2.24, 2.45) is 0 Å². The zero-order valence-corrected chi connectivity index (χ0v) is 16.5. The minimum atomic E-state index is 0.00108. The number of benzene rings is 2. The summed E-state index contributed by atoms with van der Waals surface area (Å²) in [5.41, 5.74) is 5.13. The highest BCUT2D eigenvalue weighted by molar-refractivity contribution is 7.99. The highest BCUT2D eigenvalue weighted by atomic mass is 32.2. The number of rotatable bonds is 5. The number of Topliss-reactive ketones (excluding diaryl/α,β-unsaturated/α-hetero) is 1. The first-order valence-electron chi connectivity index (χ1n) is 8.98. The van der Waals surface area contributed by atoms with Crippen molar-refractivity contribution in [3.05, 3.63) is 71.4 Å². The summed E-state index contributed by atoms with van der Waals surface area (Å²) in [6.07, 6.45) is 0.349. The molecule has 0 bridgehead atoms. The molecule has 0 saturated heterocycles. The number of aryl methyl sites for hydroxylation is 1. The molecule has 0 fully saturated rings. The third-order valence-electron chi connectivity index (χ3n) is 4.71. The van der Waals surface area contributed by atoms with E-state index >= 15 is 0 Å². The van der Waals surface area contributed by atoms with E-state index in [1.807, 2.05) is 55.5 Å². The third-order valence-corrected chi connectivity index (χ3v) is 5.56. The Morgan fingerprint density at radius 1 is 1.11 bits per heavy atom. The summed E-state index contributed by atoms with van der Waals surface area (Å²) in [6.45, 7) is 1.92. The number of anilines is 1. The molecule has 1 aromatic heterocycles. The Labute approximate surface area is 167 Å². The summed E-state index contributed by atoms with van der Waals surface area (Å²) in [7, 11) is 1.75. The van der Waals surface area contributed by atoms with Gasteiger partial charge in [0, 0.05) is 29.6 Å². The lowest BCUT2D eigenvalue weighted by molar-refractivity contribution is -0.117. The molecule has 0 aliphatic carbocycles. The molecule has 1 aliphatic heterocycles. The maximum Gasteiger partial charge on any atom is 0.231 e. The smallest absolute Gasteiger partial charge is 0.231 e. The van der Waals surface area contributed by atoms with Gasteiger partial charge in [-0.15, -0.1) is 0 Å². The maximum atomic E-state index is 12.6. The van der Waals surface area contributed by atoms with Gasteiger partial charge in [-0.05, 0) is 36.8 Å². The van der Waals surface area contributed by atoms with E-state index in [2.05, 4.69) is 9.97 Å². The molecule has 3 aromatic rings. The van der Waals surface area contributed by atoms with Gasteiger partial charge >= 0.3 is 0 Å². The second kappa shape index (κ2) is 7.56. The van der Waals surface area contributed by atoms with E-state index in [0.29, 0.717) is 17.1 Å². The molecular formula is C22H19N3O2S. The first-order chi connectivity index (χ1) is 13.5. The molecule has 0 N–H and O–H groups in total. The standard InChI is InChI=1S/C22H19N3O2S/c1-14-10-18(15-6-4-3-5-7-15)24-22(23-14)28-13-20(26)16-8-9-19-17(11-16)12-21(27)25(19)2/h3-11H,12-13H2,1-2H3. The van der Waals surface area contributed by atoms with Gasteiger partial charge in [0.25, 0.3) is 0 Å². The molecule has 1 aliphatic rings. The monoisotopic (exact) mass is 389 g/mol. The SMILES string of the molecule is Cc1cc(-c2ccccc2)nc(SCC(=O)c2ccc3c(c2)CC(=O)N3C)n1. The molecule has 0 atom stereocenters. The van der Waals surface area contributed by atoms with E-state index < -0.39 is 0 Å². The topological polar surface area (TPSA) is 63.2 Å². The van der Waals surface area contributed by atoms with Crippen molar-refractivity contribution in [3.63, 3.8) is 0 Å². The summed E-state index contributed by atoms with van der Waals surface area (Å²) in [6, 6.07) is 17.3. The molecule has 0 radical (unpaired) electrons. The number of nitrogens with zero attached hydrogens (tertiary/aromatic N) is 3. The highest BCUT2D eigenvalue weighted by Crippen LogP contribution is 2.29. The number of carbonyl (C=O) groups excluding carboxylic acids is 2. The van der Waals surface area contributed by atoms with Gasteiger partial charge in [-0.1, -0.05) is 42.1 Å². The summed E-state index contributed by atoms with van der Waals surface area (Å²) in [5.74, 6) is 0.303. The average Bonchev–Trinajstić information content (AvgIpc) is 2.99. The van der Waals surface area contributed by atoms with Crippen molar-refractivity contribution >= 4 is 29.1 Å². The van der Waals surface area contributed by atoms with E-state index in [1.165, 1.54) is 11.8 Å². The molecule has 4 rings (SSSR count). The Morgan fingerprint density at radius 3 is 2.68 bits per heavy atom. The van der Waals surface area contributed by atoms with Crippen LogP contribution in [0.3, 0.4) is 0 Å². The fourth-order valence-corrected chi connectivity index (χ4v) is 4.02. The second-order valence-corrected chi connectivity index (χ2v) is 7.67. The molecule has 140 valence electrons. The number of likely N-dealkylation sites (N-methyl/N-ethyl adjacent to an activating group) is 1. The molecule has 5 nitrogen and oxygen atoms in total. The number of thioether (sulfide) groups is 1. The van der Waals surface area contributed by atoms with Crippen LogP contribution in [0.5, 0.6) is 0 Å². The molecule has 2 heterocycles. The van der Waals surface area contributed by atoms with E-state index in [9.17, 15) is 9.59 Å². The van der Waals surface area contributed by atoms with Crippen LogP contribution in [-0.2, 0) is 11.2 Å². The number of hydrogen-bond donors (Lipinski definition) is 0. The van der Waals surface area contributed by atoms with E-state index in [1.54, 1.807) is 18.0 Å². The predicted octanol–water partition coefficient (Wildman–Crippen LogP) is 3.95. The molecule has 0 unspecified atom stereocenters. The lowest BCUT2D eigenvalue weighted by Crippen LogP contribution is -2.20. The van der Waals surface area contributed by atoms with Gasteiger partial charge in [0.2, 0.25) is 5.91 Å². The van der Waals surface area contributed by atoms with Crippen LogP contribution in [0, 0.1) is 6.92 Å². The van der Waals surface area contributed by atoms with Gasteiger partial charge in [-0.2, -0.15) is 0 Å². The van der Waals surface area contributed by atoms with Gasteiger partial charge in [-0.3, -0.25) is 9.59 Å². The van der Waals surface area contributed by atoms with Crippen molar-refractivity contribution in [2.45, 2.75) is 18.5 Å². The fourth-order valence-electron chi connectivity index (χ4n) is 3.22. The van der Waals surface area contributed by atoms with Crippen LogP contribution in [0.15, 0.2) is 59.8 Å². The Morgan fingerprint density at radius 2 is 1.89 bits per heavy atom. The molecule has 2 aromatic carbocycles. The zero-order chi connectivity index (χ0) is 19.7. The lowest BCUT2D eigenvalue weighted by Gasteiger charge is -2.10. The van der Waals surface area contributed by atoms with Gasteiger partial charge in [-0.25, -0.2) is 9.97 Å². The van der Waals surface area contributed by atoms with Crippen molar-refractivity contribution in [2.75, 3.05) is 17.7 Å². The summed E-state index contributed by atoms with van der Waals surface area (Å²) < 4.78 is 0. The largest absolute Gasteiger partial charge is 0.315 e. The van der Waals surface area contributed by atoms with Crippen LogP contribution < -0.4 is 4.90 Å². The van der Waals surface area contributed by atoms with Crippen molar-refractivity contribution in [1.82, 2.24) is 9.97 Å².